The highest BCUT2D eigenvalue weighted by molar-refractivity contribution is 5.25. The van der Waals surface area contributed by atoms with Crippen molar-refractivity contribution in [3.05, 3.63) is 24.0 Å². The zero-order valence-electron chi connectivity index (χ0n) is 4.39. The summed E-state index contributed by atoms with van der Waals surface area (Å²) in [7, 11) is 0. The Bertz CT molecular complexity index is 171. The molecule has 1 rings (SSSR count). The molecule has 1 aliphatic rings. The molecule has 40 valence electrons. The molecular formula is C6H6N2. The van der Waals surface area contributed by atoms with Crippen molar-refractivity contribution in [1.29, 1.82) is 5.26 Å². The molecule has 0 unspecified atom stereocenters. The van der Waals surface area contributed by atoms with E-state index in [0.717, 1.165) is 12.0 Å². The second-order valence-electron chi connectivity index (χ2n) is 1.55. The summed E-state index contributed by atoms with van der Waals surface area (Å²) < 4.78 is 0. The normalized spacial score (nSPS) is 16.1. The Morgan fingerprint density at radius 3 is 3.00 bits per heavy atom. The number of rotatable bonds is 0. The number of dihydropyridines is 1. The molecule has 0 bridgehead atoms. The molecule has 2 nitrogen and oxygen atoms in total. The third kappa shape index (κ3) is 0.881. The smallest absolute Gasteiger partial charge is 0.0965 e. The molecule has 1 N–H and O–H groups in total. The van der Waals surface area contributed by atoms with Gasteiger partial charge in [0.25, 0.3) is 0 Å². The van der Waals surface area contributed by atoms with Gasteiger partial charge in [0.15, 0.2) is 0 Å². The first-order chi connectivity index (χ1) is 3.93. The summed E-state index contributed by atoms with van der Waals surface area (Å²) in [4.78, 5) is 0. The van der Waals surface area contributed by atoms with Gasteiger partial charge in [0.1, 0.15) is 0 Å². The van der Waals surface area contributed by atoms with Gasteiger partial charge in [0.2, 0.25) is 0 Å². The lowest BCUT2D eigenvalue weighted by Crippen LogP contribution is -1.98. The van der Waals surface area contributed by atoms with E-state index >= 15 is 0 Å². The van der Waals surface area contributed by atoms with Crippen LogP contribution < -0.4 is 5.32 Å². The summed E-state index contributed by atoms with van der Waals surface area (Å²) in [6.07, 6.45) is 6.21. The van der Waals surface area contributed by atoms with Crippen molar-refractivity contribution in [3.63, 3.8) is 0 Å². The van der Waals surface area contributed by atoms with Crippen LogP contribution >= 0.6 is 0 Å². The Balaban J connectivity index is 2.59. The van der Waals surface area contributed by atoms with E-state index in [1.807, 2.05) is 12.3 Å². The van der Waals surface area contributed by atoms with E-state index in [4.69, 9.17) is 5.26 Å². The minimum Gasteiger partial charge on any atom is -0.367 e. The summed E-state index contributed by atoms with van der Waals surface area (Å²) in [5.74, 6) is 0. The maximum atomic E-state index is 8.30. The van der Waals surface area contributed by atoms with Gasteiger partial charge in [-0.05, 0) is 6.20 Å². The molecule has 0 saturated heterocycles. The first kappa shape index (κ1) is 4.92. The number of allylic oxidation sites excluding steroid dienone is 2. The van der Waals surface area contributed by atoms with Gasteiger partial charge >= 0.3 is 0 Å². The van der Waals surface area contributed by atoms with Crippen molar-refractivity contribution in [2.75, 3.05) is 0 Å². The quantitative estimate of drug-likeness (QED) is 0.498. The Hall–Kier alpha value is -1.23. The van der Waals surface area contributed by atoms with Crippen LogP contribution in [-0.4, -0.2) is 0 Å². The van der Waals surface area contributed by atoms with Crippen molar-refractivity contribution in [2.24, 2.45) is 0 Å². The standard InChI is InChI=1S/C6H6N2/c7-4-6-2-1-3-8-5-6/h1,3,5,8H,2H2. The van der Waals surface area contributed by atoms with E-state index in [1.165, 1.54) is 0 Å². The number of hydrogen-bond donors (Lipinski definition) is 1. The predicted molar refractivity (Wildman–Crippen MR) is 30.6 cm³/mol. The first-order valence-corrected chi connectivity index (χ1v) is 2.43. The molecule has 0 aromatic rings. The van der Waals surface area contributed by atoms with Crippen LogP contribution in [-0.2, 0) is 0 Å². The molecule has 0 atom stereocenters. The number of nitrogens with zero attached hydrogens (tertiary/aromatic N) is 1. The Kier molecular flexibility index (Phi) is 1.34. The molecule has 0 aromatic carbocycles. The van der Waals surface area contributed by atoms with Crippen molar-refractivity contribution in [1.82, 2.24) is 5.32 Å². The van der Waals surface area contributed by atoms with Gasteiger partial charge < -0.3 is 5.32 Å². The topological polar surface area (TPSA) is 35.8 Å². The third-order valence-corrected chi connectivity index (χ3v) is 0.953. The van der Waals surface area contributed by atoms with Gasteiger partial charge in [0, 0.05) is 18.2 Å². The first-order valence-electron chi connectivity index (χ1n) is 2.43. The summed E-state index contributed by atoms with van der Waals surface area (Å²) >= 11 is 0. The van der Waals surface area contributed by atoms with Gasteiger partial charge in [0.05, 0.1) is 6.07 Å². The Morgan fingerprint density at radius 2 is 2.62 bits per heavy atom. The predicted octanol–water partition coefficient (Wildman–Crippen LogP) is 0.901. The highest BCUT2D eigenvalue weighted by atomic mass is 14.8. The molecule has 1 aliphatic heterocycles. The fourth-order valence-corrected chi connectivity index (χ4v) is 0.539. The molecule has 8 heavy (non-hydrogen) atoms. The van der Waals surface area contributed by atoms with Crippen LogP contribution in [0, 0.1) is 11.3 Å². The van der Waals surface area contributed by atoms with E-state index in [1.54, 1.807) is 6.20 Å². The lowest BCUT2D eigenvalue weighted by atomic mass is 10.2. The molecular weight excluding hydrogens is 100 g/mol. The highest BCUT2D eigenvalue weighted by Gasteiger charge is 1.92. The summed E-state index contributed by atoms with van der Waals surface area (Å²) in [5.41, 5.74) is 0.785. The van der Waals surface area contributed by atoms with Crippen LogP contribution in [0.4, 0.5) is 0 Å². The van der Waals surface area contributed by atoms with Crippen LogP contribution in [0.2, 0.25) is 0 Å². The van der Waals surface area contributed by atoms with E-state index in [-0.39, 0.29) is 0 Å². The summed E-state index contributed by atoms with van der Waals surface area (Å²) in [5, 5.41) is 11.1. The molecule has 0 saturated carbocycles. The summed E-state index contributed by atoms with van der Waals surface area (Å²) in [6.45, 7) is 0. The van der Waals surface area contributed by atoms with Gasteiger partial charge in [-0.1, -0.05) is 6.08 Å². The number of nitrogens with one attached hydrogen (secondary N) is 1. The lowest BCUT2D eigenvalue weighted by Gasteiger charge is -1.98. The van der Waals surface area contributed by atoms with Crippen molar-refractivity contribution >= 4 is 0 Å². The number of nitriles is 1. The zero-order valence-corrected chi connectivity index (χ0v) is 4.39. The van der Waals surface area contributed by atoms with E-state index in [0.29, 0.717) is 0 Å². The second kappa shape index (κ2) is 2.17. The SMILES string of the molecule is N#CC1=CNC=CC1. The van der Waals surface area contributed by atoms with Crippen LogP contribution in [0.5, 0.6) is 0 Å². The van der Waals surface area contributed by atoms with Gasteiger partial charge in [-0.3, -0.25) is 0 Å². The molecule has 0 spiro atoms. The fourth-order valence-electron chi connectivity index (χ4n) is 0.539. The monoisotopic (exact) mass is 106 g/mol. The van der Waals surface area contributed by atoms with Crippen LogP contribution in [0.1, 0.15) is 6.42 Å². The lowest BCUT2D eigenvalue weighted by molar-refractivity contribution is 1.07. The molecule has 1 heterocycles. The minimum absolute atomic E-state index is 0.767. The van der Waals surface area contributed by atoms with Crippen LogP contribution in [0.25, 0.3) is 0 Å². The second-order valence-corrected chi connectivity index (χ2v) is 1.55. The molecule has 0 aromatic heterocycles. The molecule has 0 fully saturated rings. The van der Waals surface area contributed by atoms with Crippen molar-refractivity contribution in [2.45, 2.75) is 6.42 Å². The van der Waals surface area contributed by atoms with E-state index in [2.05, 4.69) is 11.4 Å². The van der Waals surface area contributed by atoms with E-state index in [9.17, 15) is 0 Å². The largest absolute Gasteiger partial charge is 0.367 e. The fraction of sp³-hybridized carbons (Fsp3) is 0.167. The third-order valence-electron chi connectivity index (χ3n) is 0.953. The van der Waals surface area contributed by atoms with Gasteiger partial charge in [-0.2, -0.15) is 5.26 Å². The maximum absolute atomic E-state index is 8.30. The Labute approximate surface area is 48.1 Å². The number of hydrogen-bond acceptors (Lipinski definition) is 2. The van der Waals surface area contributed by atoms with Crippen molar-refractivity contribution in [3.8, 4) is 6.07 Å². The van der Waals surface area contributed by atoms with Gasteiger partial charge in [-0.25, -0.2) is 0 Å². The summed E-state index contributed by atoms with van der Waals surface area (Å²) in [6, 6.07) is 2.05. The van der Waals surface area contributed by atoms with Gasteiger partial charge in [-0.15, -0.1) is 0 Å². The zero-order chi connectivity index (χ0) is 5.82. The van der Waals surface area contributed by atoms with Crippen molar-refractivity contribution < 1.29 is 0 Å². The van der Waals surface area contributed by atoms with E-state index < -0.39 is 0 Å². The average Bonchev–Trinajstić information content (AvgIpc) is 1.90. The average molecular weight is 106 g/mol. The minimum atomic E-state index is 0.767. The Morgan fingerprint density at radius 1 is 1.75 bits per heavy atom. The van der Waals surface area contributed by atoms with Crippen LogP contribution in [0.15, 0.2) is 24.0 Å². The van der Waals surface area contributed by atoms with Crippen LogP contribution in [0.3, 0.4) is 0 Å². The molecule has 0 amide bonds. The molecule has 0 aliphatic carbocycles. The maximum Gasteiger partial charge on any atom is 0.0965 e. The molecule has 2 heteroatoms. The molecule has 0 radical (unpaired) electrons. The highest BCUT2D eigenvalue weighted by Crippen LogP contribution is 2.01.